The fourth-order valence-electron chi connectivity index (χ4n) is 2.83. The van der Waals surface area contributed by atoms with Gasteiger partial charge in [0.25, 0.3) is 0 Å². The third kappa shape index (κ3) is 8.11. The SMILES string of the molecule is CCCCNC(=O)[C@H](C)N(Cc1ccccc1)C(=O)CCSc1ccc(Cl)cc1. The van der Waals surface area contributed by atoms with Crippen LogP contribution in [-0.4, -0.2) is 35.1 Å². The van der Waals surface area contributed by atoms with E-state index in [2.05, 4.69) is 12.2 Å². The van der Waals surface area contributed by atoms with Gasteiger partial charge in [-0.25, -0.2) is 0 Å². The van der Waals surface area contributed by atoms with E-state index < -0.39 is 6.04 Å². The van der Waals surface area contributed by atoms with Crippen molar-refractivity contribution in [2.45, 2.75) is 50.6 Å². The first-order chi connectivity index (χ1) is 14.0. The second-order valence-electron chi connectivity index (χ2n) is 6.88. The summed E-state index contributed by atoms with van der Waals surface area (Å²) in [4.78, 5) is 28.3. The van der Waals surface area contributed by atoms with E-state index in [0.29, 0.717) is 30.3 Å². The van der Waals surface area contributed by atoms with Gasteiger partial charge in [0, 0.05) is 35.2 Å². The standard InChI is InChI=1S/C23H29ClN2O2S/c1-3-4-15-25-23(28)18(2)26(17-19-8-6-5-7-9-19)22(27)14-16-29-21-12-10-20(24)11-13-21/h5-13,18H,3-4,14-17H2,1-2H3,(H,25,28)/t18-/m0/s1. The fraction of sp³-hybridized carbons (Fsp3) is 0.391. The highest BCUT2D eigenvalue weighted by atomic mass is 35.5. The minimum absolute atomic E-state index is 0.0199. The summed E-state index contributed by atoms with van der Waals surface area (Å²) in [5.41, 5.74) is 1.01. The van der Waals surface area contributed by atoms with Crippen molar-refractivity contribution in [1.82, 2.24) is 10.2 Å². The Hall–Kier alpha value is -1.98. The molecule has 0 fully saturated rings. The van der Waals surface area contributed by atoms with Gasteiger partial charge in [0.15, 0.2) is 0 Å². The Bertz CT molecular complexity index is 768. The van der Waals surface area contributed by atoms with Crippen molar-refractivity contribution in [1.29, 1.82) is 0 Å². The Kier molecular flexibility index (Phi) is 10.1. The van der Waals surface area contributed by atoms with Crippen molar-refractivity contribution in [2.75, 3.05) is 12.3 Å². The first-order valence-corrected chi connectivity index (χ1v) is 11.4. The molecule has 0 aromatic heterocycles. The fourth-order valence-corrected chi connectivity index (χ4v) is 3.80. The number of nitrogens with zero attached hydrogens (tertiary/aromatic N) is 1. The Morgan fingerprint density at radius 1 is 1.10 bits per heavy atom. The zero-order valence-corrected chi connectivity index (χ0v) is 18.6. The molecule has 0 bridgehead atoms. The van der Waals surface area contributed by atoms with E-state index in [0.717, 1.165) is 23.3 Å². The second-order valence-corrected chi connectivity index (χ2v) is 8.48. The quantitative estimate of drug-likeness (QED) is 0.394. The summed E-state index contributed by atoms with van der Waals surface area (Å²) in [6, 6.07) is 16.9. The van der Waals surface area contributed by atoms with Gasteiger partial charge in [0.05, 0.1) is 0 Å². The maximum Gasteiger partial charge on any atom is 0.242 e. The Morgan fingerprint density at radius 2 is 1.79 bits per heavy atom. The lowest BCUT2D eigenvalue weighted by Gasteiger charge is -2.29. The molecule has 0 radical (unpaired) electrons. The van der Waals surface area contributed by atoms with E-state index in [1.54, 1.807) is 23.6 Å². The number of hydrogen-bond acceptors (Lipinski definition) is 3. The molecule has 1 atom stereocenters. The molecule has 6 heteroatoms. The van der Waals surface area contributed by atoms with Crippen LogP contribution in [0.5, 0.6) is 0 Å². The average Bonchev–Trinajstić information content (AvgIpc) is 2.73. The molecule has 2 aromatic carbocycles. The molecule has 156 valence electrons. The summed E-state index contributed by atoms with van der Waals surface area (Å²) in [5.74, 6) is 0.525. The predicted molar refractivity (Wildman–Crippen MR) is 121 cm³/mol. The van der Waals surface area contributed by atoms with Crippen LogP contribution in [0.2, 0.25) is 5.02 Å². The number of halogens is 1. The van der Waals surface area contributed by atoms with Crippen LogP contribution in [0.25, 0.3) is 0 Å². The summed E-state index contributed by atoms with van der Waals surface area (Å²) in [5, 5.41) is 3.64. The highest BCUT2D eigenvalue weighted by Crippen LogP contribution is 2.22. The normalized spacial score (nSPS) is 11.7. The van der Waals surface area contributed by atoms with Crippen LogP contribution in [0.3, 0.4) is 0 Å². The van der Waals surface area contributed by atoms with Gasteiger partial charge in [-0.3, -0.25) is 9.59 Å². The molecule has 0 saturated heterocycles. The van der Waals surface area contributed by atoms with Crippen LogP contribution in [0.15, 0.2) is 59.5 Å². The zero-order valence-electron chi connectivity index (χ0n) is 17.1. The molecule has 2 aromatic rings. The number of thioether (sulfide) groups is 1. The summed E-state index contributed by atoms with van der Waals surface area (Å²) in [7, 11) is 0. The molecule has 0 spiro atoms. The highest BCUT2D eigenvalue weighted by molar-refractivity contribution is 7.99. The molecule has 2 rings (SSSR count). The molecule has 0 aliphatic carbocycles. The molecule has 0 unspecified atom stereocenters. The smallest absolute Gasteiger partial charge is 0.242 e. The molecule has 0 aliphatic heterocycles. The number of benzene rings is 2. The lowest BCUT2D eigenvalue weighted by molar-refractivity contribution is -0.140. The molecule has 29 heavy (non-hydrogen) atoms. The first-order valence-electron chi connectivity index (χ1n) is 10.0. The van der Waals surface area contributed by atoms with Gasteiger partial charge in [-0.15, -0.1) is 11.8 Å². The first kappa shape index (κ1) is 23.3. The Morgan fingerprint density at radius 3 is 2.45 bits per heavy atom. The van der Waals surface area contributed by atoms with Gasteiger partial charge in [-0.1, -0.05) is 55.3 Å². The minimum atomic E-state index is -0.514. The maximum atomic E-state index is 13.0. The lowest BCUT2D eigenvalue weighted by atomic mass is 10.1. The van der Waals surface area contributed by atoms with Gasteiger partial charge in [-0.2, -0.15) is 0 Å². The van der Waals surface area contributed by atoms with Crippen molar-refractivity contribution >= 4 is 35.2 Å². The van der Waals surface area contributed by atoms with E-state index in [9.17, 15) is 9.59 Å². The molecule has 0 saturated carbocycles. The van der Waals surface area contributed by atoms with Crippen molar-refractivity contribution in [2.24, 2.45) is 0 Å². The molecule has 0 heterocycles. The summed E-state index contributed by atoms with van der Waals surface area (Å²) in [6.07, 6.45) is 2.32. The highest BCUT2D eigenvalue weighted by Gasteiger charge is 2.25. The summed E-state index contributed by atoms with van der Waals surface area (Å²) >= 11 is 7.53. The molecular formula is C23H29ClN2O2S. The molecule has 2 amide bonds. The van der Waals surface area contributed by atoms with Crippen LogP contribution >= 0.6 is 23.4 Å². The van der Waals surface area contributed by atoms with E-state index in [4.69, 9.17) is 11.6 Å². The van der Waals surface area contributed by atoms with E-state index in [1.807, 2.05) is 54.6 Å². The Labute approximate surface area is 183 Å². The van der Waals surface area contributed by atoms with E-state index >= 15 is 0 Å². The zero-order chi connectivity index (χ0) is 21.1. The van der Waals surface area contributed by atoms with Crippen molar-refractivity contribution in [3.05, 3.63) is 65.2 Å². The monoisotopic (exact) mass is 432 g/mol. The number of nitrogens with one attached hydrogen (secondary N) is 1. The average molecular weight is 433 g/mol. The van der Waals surface area contributed by atoms with Gasteiger partial charge in [0.2, 0.25) is 11.8 Å². The van der Waals surface area contributed by atoms with Crippen LogP contribution in [0.4, 0.5) is 0 Å². The lowest BCUT2D eigenvalue weighted by Crippen LogP contribution is -2.47. The van der Waals surface area contributed by atoms with Gasteiger partial charge in [-0.05, 0) is 43.2 Å². The number of amides is 2. The number of carbonyl (C=O) groups excluding carboxylic acids is 2. The van der Waals surface area contributed by atoms with E-state index in [-0.39, 0.29) is 11.8 Å². The van der Waals surface area contributed by atoms with Crippen LogP contribution in [-0.2, 0) is 16.1 Å². The third-order valence-electron chi connectivity index (χ3n) is 4.59. The van der Waals surface area contributed by atoms with Gasteiger partial charge < -0.3 is 10.2 Å². The van der Waals surface area contributed by atoms with Crippen molar-refractivity contribution in [3.8, 4) is 0 Å². The van der Waals surface area contributed by atoms with Crippen molar-refractivity contribution in [3.63, 3.8) is 0 Å². The second kappa shape index (κ2) is 12.6. The summed E-state index contributed by atoms with van der Waals surface area (Å²) < 4.78 is 0. The molecule has 0 aliphatic rings. The molecule has 4 nitrogen and oxygen atoms in total. The largest absolute Gasteiger partial charge is 0.354 e. The number of rotatable bonds is 11. The maximum absolute atomic E-state index is 13.0. The number of unbranched alkanes of at least 4 members (excludes halogenated alkanes) is 1. The minimum Gasteiger partial charge on any atom is -0.354 e. The predicted octanol–water partition coefficient (Wildman–Crippen LogP) is 5.16. The molecule has 1 N–H and O–H groups in total. The molecular weight excluding hydrogens is 404 g/mol. The van der Waals surface area contributed by atoms with Crippen LogP contribution in [0.1, 0.15) is 38.7 Å². The number of carbonyl (C=O) groups is 2. The van der Waals surface area contributed by atoms with E-state index in [1.165, 1.54) is 0 Å². The van der Waals surface area contributed by atoms with Crippen LogP contribution in [0, 0.1) is 0 Å². The van der Waals surface area contributed by atoms with Crippen molar-refractivity contribution < 1.29 is 9.59 Å². The summed E-state index contributed by atoms with van der Waals surface area (Å²) in [6.45, 7) is 4.95. The third-order valence-corrected chi connectivity index (χ3v) is 5.86. The number of hydrogen-bond donors (Lipinski definition) is 1. The van der Waals surface area contributed by atoms with Gasteiger partial charge in [0.1, 0.15) is 6.04 Å². The van der Waals surface area contributed by atoms with Gasteiger partial charge >= 0.3 is 0 Å². The van der Waals surface area contributed by atoms with Crippen LogP contribution < -0.4 is 5.32 Å². The Balaban J connectivity index is 1.99. The topological polar surface area (TPSA) is 49.4 Å².